The molecule has 0 saturated heterocycles. The average Bonchev–Trinajstić information content (AvgIpc) is 2.57. The Kier molecular flexibility index (Phi) is 4.81. The molecular weight excluding hydrogens is 274 g/mol. The number of amides is 1. The minimum Gasteiger partial charge on any atom is -0.338 e. The Hall–Kier alpha value is -1.36. The fraction of sp³-hybridized carbons (Fsp3) is 0.533. The summed E-state index contributed by atoms with van der Waals surface area (Å²) < 4.78 is 23.5. The van der Waals surface area contributed by atoms with E-state index in [1.807, 2.05) is 31.2 Å². The van der Waals surface area contributed by atoms with Gasteiger partial charge in [0.15, 0.2) is 9.84 Å². The molecular formula is C15H21NO3S. The van der Waals surface area contributed by atoms with Crippen molar-refractivity contribution in [2.45, 2.75) is 26.2 Å². The number of nitrogens with zero attached hydrogens (tertiary/aromatic N) is 1. The van der Waals surface area contributed by atoms with Gasteiger partial charge in [-0.15, -0.1) is 0 Å². The van der Waals surface area contributed by atoms with Gasteiger partial charge in [0.05, 0.1) is 5.75 Å². The highest BCUT2D eigenvalue weighted by atomic mass is 32.2. The van der Waals surface area contributed by atoms with Crippen LogP contribution in [0.4, 0.5) is 0 Å². The van der Waals surface area contributed by atoms with Crippen LogP contribution < -0.4 is 0 Å². The first-order valence-corrected chi connectivity index (χ1v) is 8.93. The van der Waals surface area contributed by atoms with Crippen molar-refractivity contribution in [3.63, 3.8) is 0 Å². The highest BCUT2D eigenvalue weighted by Crippen LogP contribution is 2.18. The summed E-state index contributed by atoms with van der Waals surface area (Å²) >= 11 is 0. The molecule has 0 bridgehead atoms. The second kappa shape index (κ2) is 6.39. The highest BCUT2D eigenvalue weighted by molar-refractivity contribution is 7.91. The zero-order valence-electron chi connectivity index (χ0n) is 11.8. The first-order chi connectivity index (χ1) is 9.53. The number of rotatable bonds is 5. The van der Waals surface area contributed by atoms with E-state index in [1.165, 1.54) is 0 Å². The van der Waals surface area contributed by atoms with Crippen LogP contribution in [0.5, 0.6) is 0 Å². The van der Waals surface area contributed by atoms with Gasteiger partial charge in [0, 0.05) is 24.4 Å². The van der Waals surface area contributed by atoms with Gasteiger partial charge in [-0.2, -0.15) is 0 Å². The Morgan fingerprint density at radius 3 is 2.70 bits per heavy atom. The Morgan fingerprint density at radius 2 is 1.95 bits per heavy atom. The molecule has 1 amide bonds. The molecule has 1 aromatic rings. The van der Waals surface area contributed by atoms with Crippen LogP contribution in [0.1, 0.15) is 35.7 Å². The molecule has 110 valence electrons. The molecule has 0 radical (unpaired) electrons. The second-order valence-electron chi connectivity index (χ2n) is 5.20. The van der Waals surface area contributed by atoms with Crippen molar-refractivity contribution in [1.82, 2.24) is 4.90 Å². The molecule has 0 atom stereocenters. The lowest BCUT2D eigenvalue weighted by molar-refractivity contribution is 0.0771. The van der Waals surface area contributed by atoms with Crippen molar-refractivity contribution in [2.75, 3.05) is 24.6 Å². The number of carbonyl (C=O) groups is 1. The third kappa shape index (κ3) is 3.60. The van der Waals surface area contributed by atoms with Gasteiger partial charge in [0.25, 0.3) is 5.91 Å². The van der Waals surface area contributed by atoms with Gasteiger partial charge in [0.2, 0.25) is 0 Å². The molecule has 4 nitrogen and oxygen atoms in total. The number of fused-ring (bicyclic) bond motifs is 1. The van der Waals surface area contributed by atoms with Crippen molar-refractivity contribution in [1.29, 1.82) is 0 Å². The predicted molar refractivity (Wildman–Crippen MR) is 79.6 cm³/mol. The van der Waals surface area contributed by atoms with E-state index in [1.54, 1.807) is 4.90 Å². The highest BCUT2D eigenvalue weighted by Gasteiger charge is 2.23. The monoisotopic (exact) mass is 295 g/mol. The van der Waals surface area contributed by atoms with E-state index >= 15 is 0 Å². The SMILES string of the molecule is CCCS(=O)(=O)CCN1CCCc2ccccc2C1=O. The minimum atomic E-state index is -3.04. The number of aryl methyl sites for hydroxylation is 1. The molecule has 1 heterocycles. The van der Waals surface area contributed by atoms with Crippen molar-refractivity contribution >= 4 is 15.7 Å². The van der Waals surface area contributed by atoms with E-state index in [0.717, 1.165) is 24.0 Å². The van der Waals surface area contributed by atoms with Crippen LogP contribution in [0, 0.1) is 0 Å². The van der Waals surface area contributed by atoms with Crippen molar-refractivity contribution in [3.05, 3.63) is 35.4 Å². The van der Waals surface area contributed by atoms with Crippen LogP contribution >= 0.6 is 0 Å². The average molecular weight is 295 g/mol. The van der Waals surface area contributed by atoms with Crippen LogP contribution in [0.3, 0.4) is 0 Å². The number of hydrogen-bond donors (Lipinski definition) is 0. The Balaban J connectivity index is 2.09. The largest absolute Gasteiger partial charge is 0.338 e. The lowest BCUT2D eigenvalue weighted by Gasteiger charge is -2.20. The lowest BCUT2D eigenvalue weighted by Crippen LogP contribution is -2.35. The van der Waals surface area contributed by atoms with Gasteiger partial charge >= 0.3 is 0 Å². The third-order valence-corrected chi connectivity index (χ3v) is 5.43. The van der Waals surface area contributed by atoms with Crippen molar-refractivity contribution < 1.29 is 13.2 Å². The molecule has 0 aromatic heterocycles. The van der Waals surface area contributed by atoms with Gasteiger partial charge in [-0.05, 0) is 30.9 Å². The minimum absolute atomic E-state index is 0.0372. The summed E-state index contributed by atoms with van der Waals surface area (Å²) in [5.74, 6) is 0.227. The number of sulfone groups is 1. The van der Waals surface area contributed by atoms with E-state index in [4.69, 9.17) is 0 Å². The van der Waals surface area contributed by atoms with E-state index in [-0.39, 0.29) is 17.4 Å². The molecule has 0 spiro atoms. The maximum absolute atomic E-state index is 12.4. The van der Waals surface area contributed by atoms with Crippen molar-refractivity contribution in [3.8, 4) is 0 Å². The molecule has 0 fully saturated rings. The predicted octanol–water partition coefficient (Wildman–Crippen LogP) is 1.90. The summed E-state index contributed by atoms with van der Waals surface area (Å²) in [6.45, 7) is 2.79. The first-order valence-electron chi connectivity index (χ1n) is 7.11. The Labute approximate surface area is 120 Å². The number of hydrogen-bond acceptors (Lipinski definition) is 3. The molecule has 1 aliphatic rings. The summed E-state index contributed by atoms with van der Waals surface area (Å²) in [5.41, 5.74) is 1.79. The fourth-order valence-corrected chi connectivity index (χ4v) is 3.88. The van der Waals surface area contributed by atoms with Crippen LogP contribution in [0.25, 0.3) is 0 Å². The molecule has 1 aromatic carbocycles. The summed E-state index contributed by atoms with van der Waals surface area (Å²) in [6, 6.07) is 7.60. The third-order valence-electron chi connectivity index (χ3n) is 3.60. The van der Waals surface area contributed by atoms with E-state index in [0.29, 0.717) is 19.5 Å². The normalized spacial score (nSPS) is 15.8. The molecule has 2 rings (SSSR count). The summed E-state index contributed by atoms with van der Waals surface area (Å²) in [6.07, 6.45) is 2.38. The maximum atomic E-state index is 12.4. The van der Waals surface area contributed by atoms with Gasteiger partial charge in [0.1, 0.15) is 0 Å². The molecule has 0 unspecified atom stereocenters. The Bertz CT molecular complexity index is 581. The topological polar surface area (TPSA) is 54.5 Å². The summed E-state index contributed by atoms with van der Waals surface area (Å²) in [5, 5.41) is 0. The fourth-order valence-electron chi connectivity index (χ4n) is 2.55. The van der Waals surface area contributed by atoms with E-state index < -0.39 is 9.84 Å². The first kappa shape index (κ1) is 15.0. The second-order valence-corrected chi connectivity index (χ2v) is 7.51. The van der Waals surface area contributed by atoms with Crippen LogP contribution in [0.15, 0.2) is 24.3 Å². The van der Waals surface area contributed by atoms with Crippen LogP contribution in [0.2, 0.25) is 0 Å². The number of carbonyl (C=O) groups excluding carboxylic acids is 1. The Morgan fingerprint density at radius 1 is 1.20 bits per heavy atom. The van der Waals surface area contributed by atoms with Gasteiger partial charge in [-0.1, -0.05) is 25.1 Å². The molecule has 0 aliphatic carbocycles. The van der Waals surface area contributed by atoms with E-state index in [2.05, 4.69) is 0 Å². The lowest BCUT2D eigenvalue weighted by atomic mass is 10.0. The molecule has 1 aliphatic heterocycles. The van der Waals surface area contributed by atoms with Gasteiger partial charge in [-0.25, -0.2) is 8.42 Å². The van der Waals surface area contributed by atoms with Crippen LogP contribution in [-0.4, -0.2) is 43.8 Å². The van der Waals surface area contributed by atoms with Crippen LogP contribution in [-0.2, 0) is 16.3 Å². The smallest absolute Gasteiger partial charge is 0.254 e. The maximum Gasteiger partial charge on any atom is 0.254 e. The van der Waals surface area contributed by atoms with E-state index in [9.17, 15) is 13.2 Å². The molecule has 20 heavy (non-hydrogen) atoms. The van der Waals surface area contributed by atoms with Gasteiger partial charge in [-0.3, -0.25) is 4.79 Å². The zero-order valence-corrected chi connectivity index (χ0v) is 12.7. The zero-order chi connectivity index (χ0) is 14.6. The van der Waals surface area contributed by atoms with Gasteiger partial charge < -0.3 is 4.90 Å². The standard InChI is InChI=1S/C15H21NO3S/c1-2-11-20(18,19)12-10-16-9-5-7-13-6-3-4-8-14(13)15(16)17/h3-4,6,8H,2,5,7,9-12H2,1H3. The molecule has 0 N–H and O–H groups in total. The summed E-state index contributed by atoms with van der Waals surface area (Å²) in [7, 11) is -3.04. The molecule has 0 saturated carbocycles. The number of benzene rings is 1. The quantitative estimate of drug-likeness (QED) is 0.833. The summed E-state index contributed by atoms with van der Waals surface area (Å²) in [4.78, 5) is 14.1. The van der Waals surface area contributed by atoms with Crippen molar-refractivity contribution in [2.24, 2.45) is 0 Å². The molecule has 5 heteroatoms.